The third-order valence-electron chi connectivity index (χ3n) is 6.29. The van der Waals surface area contributed by atoms with Gasteiger partial charge in [-0.15, -0.1) is 0 Å². The molecular formula is C27H31N7O3. The van der Waals surface area contributed by atoms with Gasteiger partial charge in [0.1, 0.15) is 23.9 Å². The summed E-state index contributed by atoms with van der Waals surface area (Å²) in [5, 5.41) is 18.7. The Morgan fingerprint density at radius 1 is 1.19 bits per heavy atom. The van der Waals surface area contributed by atoms with Crippen molar-refractivity contribution in [2.24, 2.45) is 0 Å². The Kier molecular flexibility index (Phi) is 7.20. The molecule has 3 aromatic heterocycles. The van der Waals surface area contributed by atoms with E-state index in [0.717, 1.165) is 43.8 Å². The highest BCUT2D eigenvalue weighted by molar-refractivity contribution is 6.04. The van der Waals surface area contributed by atoms with Gasteiger partial charge in [-0.3, -0.25) is 14.3 Å². The Morgan fingerprint density at radius 3 is 2.84 bits per heavy atom. The van der Waals surface area contributed by atoms with Crippen LogP contribution >= 0.6 is 0 Å². The van der Waals surface area contributed by atoms with Crippen LogP contribution in [-0.2, 0) is 0 Å². The number of hydrogen-bond donors (Lipinski definition) is 3. The third-order valence-corrected chi connectivity index (χ3v) is 6.29. The number of benzene rings is 1. The number of pyridine rings is 2. The molecule has 3 N–H and O–H groups in total. The van der Waals surface area contributed by atoms with Gasteiger partial charge in [-0.2, -0.15) is 0 Å². The van der Waals surface area contributed by atoms with Gasteiger partial charge >= 0.3 is 0 Å². The van der Waals surface area contributed by atoms with Crippen molar-refractivity contribution in [3.8, 4) is 17.4 Å². The summed E-state index contributed by atoms with van der Waals surface area (Å²) in [5.74, 6) is 0.801. The number of carbonyl (C=O) groups is 1. The lowest BCUT2D eigenvalue weighted by atomic mass is 10.2. The highest BCUT2D eigenvalue weighted by Crippen LogP contribution is 2.32. The molecule has 4 aromatic rings. The zero-order valence-electron chi connectivity index (χ0n) is 21.0. The van der Waals surface area contributed by atoms with Gasteiger partial charge in [0.2, 0.25) is 5.88 Å². The maximum absolute atomic E-state index is 13.2. The number of nitrogens with zero attached hydrogens (tertiary/aromatic N) is 5. The van der Waals surface area contributed by atoms with E-state index in [0.29, 0.717) is 29.2 Å². The smallest absolute Gasteiger partial charge is 0.274 e. The normalized spacial score (nSPS) is 13.8. The van der Waals surface area contributed by atoms with E-state index < -0.39 is 0 Å². The van der Waals surface area contributed by atoms with Crippen molar-refractivity contribution in [1.29, 1.82) is 0 Å². The van der Waals surface area contributed by atoms with Gasteiger partial charge in [0, 0.05) is 55.9 Å². The van der Waals surface area contributed by atoms with Crippen molar-refractivity contribution in [1.82, 2.24) is 24.8 Å². The lowest BCUT2D eigenvalue weighted by molar-refractivity contribution is 0.102. The number of aromatic hydroxyl groups is 1. The summed E-state index contributed by atoms with van der Waals surface area (Å²) in [6.45, 7) is 4.81. The first-order valence-corrected chi connectivity index (χ1v) is 12.3. The van der Waals surface area contributed by atoms with Crippen LogP contribution in [0.15, 0.2) is 61.1 Å². The van der Waals surface area contributed by atoms with Gasteiger partial charge in [-0.05, 0) is 50.5 Å². The summed E-state index contributed by atoms with van der Waals surface area (Å²) in [5.41, 5.74) is 1.80. The van der Waals surface area contributed by atoms with Crippen molar-refractivity contribution in [3.05, 3.63) is 66.7 Å². The Morgan fingerprint density at radius 2 is 2.03 bits per heavy atom. The van der Waals surface area contributed by atoms with Gasteiger partial charge in [0.15, 0.2) is 0 Å². The SMILES string of the molecule is CN(C)CCOc1ccc2cn(-c3cccc(C(=O)Nc4cnccc4N4CCNCC4)n3)c(O)c2c1. The van der Waals surface area contributed by atoms with Crippen LogP contribution < -0.4 is 20.3 Å². The highest BCUT2D eigenvalue weighted by atomic mass is 16.5. The van der Waals surface area contributed by atoms with Gasteiger partial charge in [0.25, 0.3) is 5.91 Å². The molecule has 192 valence electrons. The molecule has 4 heterocycles. The quantitative estimate of drug-likeness (QED) is 0.338. The predicted octanol–water partition coefficient (Wildman–Crippen LogP) is 2.73. The first kappa shape index (κ1) is 24.5. The third kappa shape index (κ3) is 5.50. The van der Waals surface area contributed by atoms with Gasteiger partial charge in [0.05, 0.1) is 17.6 Å². The minimum Gasteiger partial charge on any atom is -0.494 e. The number of carbonyl (C=O) groups excluding carboxylic acids is 1. The lowest BCUT2D eigenvalue weighted by Crippen LogP contribution is -2.43. The number of fused-ring (bicyclic) bond motifs is 1. The molecule has 0 bridgehead atoms. The van der Waals surface area contributed by atoms with E-state index in [1.165, 1.54) is 0 Å². The van der Waals surface area contributed by atoms with Crippen LogP contribution in [0.3, 0.4) is 0 Å². The number of piperazine rings is 1. The lowest BCUT2D eigenvalue weighted by Gasteiger charge is -2.30. The molecule has 0 aliphatic carbocycles. The molecule has 0 unspecified atom stereocenters. The topological polar surface area (TPSA) is 108 Å². The van der Waals surface area contributed by atoms with Crippen LogP contribution in [0, 0.1) is 0 Å². The van der Waals surface area contributed by atoms with E-state index in [1.54, 1.807) is 41.4 Å². The number of anilines is 2. The Bertz CT molecular complexity index is 1400. The monoisotopic (exact) mass is 501 g/mol. The van der Waals surface area contributed by atoms with E-state index in [2.05, 4.69) is 25.5 Å². The second kappa shape index (κ2) is 10.9. The van der Waals surface area contributed by atoms with Gasteiger partial charge in [-0.25, -0.2) is 4.98 Å². The van der Waals surface area contributed by atoms with E-state index in [1.807, 2.05) is 43.3 Å². The number of amides is 1. The number of hydrogen-bond acceptors (Lipinski definition) is 8. The number of aromatic nitrogens is 3. The van der Waals surface area contributed by atoms with Crippen molar-refractivity contribution in [3.63, 3.8) is 0 Å². The van der Waals surface area contributed by atoms with Crippen molar-refractivity contribution in [2.75, 3.05) is 63.6 Å². The standard InChI is InChI=1S/C27H31N7O3/c1-32(2)14-15-37-20-7-6-19-18-34(27(36)21(19)16-20)25-5-3-4-22(30-25)26(35)31-23-17-29-9-8-24(23)33-12-10-28-11-13-33/h3-9,16-18,28,36H,10-15H2,1-2H3,(H,31,35). The molecule has 1 fully saturated rings. The average molecular weight is 502 g/mol. The number of likely N-dealkylation sites (N-methyl/N-ethyl adjacent to an activating group) is 1. The number of rotatable bonds is 8. The highest BCUT2D eigenvalue weighted by Gasteiger charge is 2.18. The van der Waals surface area contributed by atoms with E-state index in [-0.39, 0.29) is 17.5 Å². The van der Waals surface area contributed by atoms with E-state index in [9.17, 15) is 9.90 Å². The fourth-order valence-electron chi connectivity index (χ4n) is 4.32. The molecule has 0 radical (unpaired) electrons. The summed E-state index contributed by atoms with van der Waals surface area (Å²) in [6, 6.07) is 12.6. The molecule has 5 rings (SSSR count). The minimum absolute atomic E-state index is 0.0337. The minimum atomic E-state index is -0.348. The second-order valence-corrected chi connectivity index (χ2v) is 9.19. The molecule has 0 spiro atoms. The zero-order valence-corrected chi connectivity index (χ0v) is 21.0. The second-order valence-electron chi connectivity index (χ2n) is 9.19. The molecule has 10 nitrogen and oxygen atoms in total. The number of ether oxygens (including phenoxy) is 1. The van der Waals surface area contributed by atoms with Crippen LogP contribution in [-0.4, -0.2) is 83.9 Å². The molecule has 0 saturated carbocycles. The summed E-state index contributed by atoms with van der Waals surface area (Å²) < 4.78 is 7.38. The van der Waals surface area contributed by atoms with E-state index >= 15 is 0 Å². The van der Waals surface area contributed by atoms with Crippen LogP contribution in [0.2, 0.25) is 0 Å². The summed E-state index contributed by atoms with van der Waals surface area (Å²) in [4.78, 5) is 26.2. The fraction of sp³-hybridized carbons (Fsp3) is 0.296. The molecule has 1 aliphatic heterocycles. The molecular weight excluding hydrogens is 470 g/mol. The Labute approximate surface area is 215 Å². The van der Waals surface area contributed by atoms with Crippen molar-refractivity contribution in [2.45, 2.75) is 0 Å². The summed E-state index contributed by atoms with van der Waals surface area (Å²) in [7, 11) is 3.98. The van der Waals surface area contributed by atoms with Gasteiger partial charge < -0.3 is 30.3 Å². The summed E-state index contributed by atoms with van der Waals surface area (Å²) >= 11 is 0. The number of nitrogens with one attached hydrogen (secondary N) is 2. The van der Waals surface area contributed by atoms with Crippen LogP contribution in [0.4, 0.5) is 11.4 Å². The van der Waals surface area contributed by atoms with Crippen molar-refractivity contribution >= 4 is 28.1 Å². The van der Waals surface area contributed by atoms with Crippen LogP contribution in [0.25, 0.3) is 16.6 Å². The molecule has 0 atom stereocenters. The predicted molar refractivity (Wildman–Crippen MR) is 144 cm³/mol. The largest absolute Gasteiger partial charge is 0.494 e. The maximum Gasteiger partial charge on any atom is 0.274 e. The molecule has 10 heteroatoms. The van der Waals surface area contributed by atoms with E-state index in [4.69, 9.17) is 4.74 Å². The van der Waals surface area contributed by atoms with Crippen LogP contribution in [0.1, 0.15) is 10.5 Å². The zero-order chi connectivity index (χ0) is 25.8. The van der Waals surface area contributed by atoms with Crippen LogP contribution in [0.5, 0.6) is 11.6 Å². The first-order valence-electron chi connectivity index (χ1n) is 12.3. The molecule has 1 saturated heterocycles. The van der Waals surface area contributed by atoms with Crippen molar-refractivity contribution < 1.29 is 14.6 Å². The Balaban J connectivity index is 1.37. The Hall–Kier alpha value is -4.15. The molecule has 1 amide bonds. The average Bonchev–Trinajstić information content (AvgIpc) is 3.25. The molecule has 1 aromatic carbocycles. The maximum atomic E-state index is 13.2. The fourth-order valence-corrected chi connectivity index (χ4v) is 4.32. The molecule has 37 heavy (non-hydrogen) atoms. The summed E-state index contributed by atoms with van der Waals surface area (Å²) in [6.07, 6.45) is 5.17. The first-order chi connectivity index (χ1) is 18.0. The molecule has 1 aliphatic rings. The van der Waals surface area contributed by atoms with Gasteiger partial charge in [-0.1, -0.05) is 6.07 Å².